The number of hydrogen-bond acceptors (Lipinski definition) is 21. The summed E-state index contributed by atoms with van der Waals surface area (Å²) in [5.41, 5.74) is 6.43. The lowest BCUT2D eigenvalue weighted by atomic mass is 9.93. The van der Waals surface area contributed by atoms with Crippen molar-refractivity contribution in [3.63, 3.8) is 0 Å². The SMILES string of the molecule is CCOC(=O)[C@H](C)OP(=O)(C/C=C/CC(C/C(C)=C/Cc1c(O)c2c(c(C)c1OC)COC2=O)C(=O)O)OC.CCOC(=O)[C@H](C)OP(=O)(C/C=C/CC(C/C(C)=C/Cc1c(OC)c(C)c2c(c1OCC[Si](C)(C)C)C(=O)OC2)C(=O)OCC[Si](C)(C)C)OC. The van der Waals surface area contributed by atoms with Gasteiger partial charge in [-0.3, -0.25) is 27.8 Å². The van der Waals surface area contributed by atoms with Gasteiger partial charge >= 0.3 is 51.0 Å². The van der Waals surface area contributed by atoms with Crippen LogP contribution >= 0.6 is 15.2 Å². The number of methoxy groups -OCH3 is 2. The van der Waals surface area contributed by atoms with E-state index in [0.29, 0.717) is 72.0 Å². The average Bonchev–Trinajstić information content (AvgIpc) is 1.52. The van der Waals surface area contributed by atoms with E-state index in [4.69, 9.17) is 56.0 Å². The zero-order chi connectivity index (χ0) is 67.9. The van der Waals surface area contributed by atoms with Crippen molar-refractivity contribution >= 4 is 67.2 Å². The minimum Gasteiger partial charge on any atom is -0.507 e. The zero-order valence-corrected chi connectivity index (χ0v) is 59.8. The van der Waals surface area contributed by atoms with Crippen LogP contribution in [0.4, 0.5) is 0 Å². The minimum absolute atomic E-state index is 0.0727. The molecule has 504 valence electrons. The molecule has 0 spiro atoms. The van der Waals surface area contributed by atoms with Crippen molar-refractivity contribution in [1.82, 2.24) is 0 Å². The number of benzene rings is 2. The molecule has 0 fully saturated rings. The molecule has 2 N–H and O–H groups in total. The van der Waals surface area contributed by atoms with Gasteiger partial charge in [-0.2, -0.15) is 0 Å². The largest absolute Gasteiger partial charge is 0.507 e. The Hall–Kier alpha value is -5.85. The van der Waals surface area contributed by atoms with Crippen molar-refractivity contribution in [2.24, 2.45) is 11.8 Å². The number of carbonyl (C=O) groups excluding carboxylic acids is 5. The van der Waals surface area contributed by atoms with Gasteiger partial charge in [0.15, 0.2) is 12.2 Å². The van der Waals surface area contributed by atoms with Crippen LogP contribution in [0, 0.1) is 25.7 Å². The van der Waals surface area contributed by atoms with Gasteiger partial charge in [-0.25, -0.2) is 19.2 Å². The summed E-state index contributed by atoms with van der Waals surface area (Å²) in [6.45, 7) is 28.6. The first-order valence-corrected chi connectivity index (χ1v) is 41.1. The van der Waals surface area contributed by atoms with Gasteiger partial charge in [-0.1, -0.05) is 86.9 Å². The van der Waals surface area contributed by atoms with Gasteiger partial charge in [0.25, 0.3) is 0 Å². The summed E-state index contributed by atoms with van der Waals surface area (Å²) in [5.74, 6) is -3.45. The van der Waals surface area contributed by atoms with E-state index < -0.39 is 85.2 Å². The van der Waals surface area contributed by atoms with E-state index in [9.17, 15) is 48.1 Å². The number of rotatable bonds is 37. The number of ether oxygens (including phenoxy) is 8. The molecule has 0 aliphatic carbocycles. The maximum Gasteiger partial charge on any atom is 0.342 e. The number of phenols is 1. The average molecular weight is 1340 g/mol. The van der Waals surface area contributed by atoms with Crippen molar-refractivity contribution in [1.29, 1.82) is 0 Å². The molecule has 6 atom stereocenters. The summed E-state index contributed by atoms with van der Waals surface area (Å²) in [5, 5.41) is 20.5. The number of fused-ring (bicyclic) bond motifs is 2. The summed E-state index contributed by atoms with van der Waals surface area (Å²) < 4.78 is 90.6. The fourth-order valence-electron chi connectivity index (χ4n) is 9.60. The lowest BCUT2D eigenvalue weighted by Crippen LogP contribution is -2.25. The summed E-state index contributed by atoms with van der Waals surface area (Å²) >= 11 is 0. The molecule has 2 aromatic rings. The molecule has 2 heterocycles. The van der Waals surface area contributed by atoms with E-state index in [0.717, 1.165) is 39.9 Å². The molecule has 90 heavy (non-hydrogen) atoms. The Morgan fingerprint density at radius 3 is 1.47 bits per heavy atom. The number of cyclic esters (lactones) is 2. The molecule has 4 rings (SSSR count). The van der Waals surface area contributed by atoms with Gasteiger partial charge in [0.1, 0.15) is 47.3 Å². The molecule has 2 aliphatic heterocycles. The molecule has 0 bridgehead atoms. The first-order chi connectivity index (χ1) is 42.1. The van der Waals surface area contributed by atoms with Gasteiger partial charge in [0.05, 0.1) is 64.8 Å². The second kappa shape index (κ2) is 36.4. The second-order valence-corrected chi connectivity index (χ2v) is 40.0. The van der Waals surface area contributed by atoms with E-state index in [1.807, 2.05) is 19.9 Å². The van der Waals surface area contributed by atoms with Gasteiger partial charge in [0.2, 0.25) is 0 Å². The Bertz CT molecular complexity index is 3060. The maximum atomic E-state index is 13.4. The van der Waals surface area contributed by atoms with Crippen LogP contribution in [0.5, 0.6) is 23.0 Å². The lowest BCUT2D eigenvalue weighted by Gasteiger charge is -2.22. The Balaban J connectivity index is 0.000000487. The van der Waals surface area contributed by atoms with Crippen LogP contribution in [-0.4, -0.2) is 142 Å². The third kappa shape index (κ3) is 24.0. The van der Waals surface area contributed by atoms with Crippen LogP contribution < -0.4 is 14.2 Å². The van der Waals surface area contributed by atoms with Crippen LogP contribution in [0.25, 0.3) is 0 Å². The zero-order valence-electron chi connectivity index (χ0n) is 56.0. The van der Waals surface area contributed by atoms with Gasteiger partial charge in [-0.05, 0) is 117 Å². The van der Waals surface area contributed by atoms with Gasteiger partial charge in [-0.15, -0.1) is 0 Å². The molecule has 4 unspecified atom stereocenters. The number of allylic oxidation sites excluding steroid dienone is 8. The summed E-state index contributed by atoms with van der Waals surface area (Å²) in [4.78, 5) is 74.1. The van der Waals surface area contributed by atoms with Gasteiger partial charge < -0.3 is 57.2 Å². The van der Waals surface area contributed by atoms with Crippen LogP contribution in [0.3, 0.4) is 0 Å². The van der Waals surface area contributed by atoms with Crippen LogP contribution in [-0.2, 0) is 96.1 Å². The highest BCUT2D eigenvalue weighted by Crippen LogP contribution is 2.50. The van der Waals surface area contributed by atoms with Crippen molar-refractivity contribution in [2.75, 3.05) is 67.2 Å². The van der Waals surface area contributed by atoms with Crippen LogP contribution in [0.1, 0.15) is 121 Å². The number of carboxylic acids is 1. The molecule has 0 saturated heterocycles. The van der Waals surface area contributed by atoms with Crippen molar-refractivity contribution in [2.45, 2.75) is 171 Å². The van der Waals surface area contributed by atoms with Gasteiger partial charge in [0, 0.05) is 52.6 Å². The standard InChI is InChI=1S/C37H61O11PSi2.C27H37O11P/c1-13-44-35(38)28(4)48-49(41,43-6)21-15-14-16-29(36(39)46-20-23-51(10,11)12)24-26(2)17-18-30-33(42-5)27(3)31-25-47-37(40)32(31)34(30)45-19-22-50(7,8)9;1-7-36-26(31)18(4)38-39(33,35-6)13-9-8-10-19(25(29)30)14-16(2)11-12-20-23(28)22-21(15-37-27(22)32)17(3)24(20)34-5/h14-15,17,28-29H,13,16,18-25H2,1-12H3;8-9,11,18-19,28H,7,10,12-15H2,1-6H3,(H,29,30)/b15-14+,26-17+;9-8+,16-11+/t28-,29?,49?;18-,19?,39?/m00/s1. The predicted octanol–water partition coefficient (Wildman–Crippen LogP) is 13.2. The molecule has 2 aliphatic rings. The number of carboxylic acid groups (broad SMARTS) is 1. The van der Waals surface area contributed by atoms with Crippen molar-refractivity contribution < 1.29 is 104 Å². The first kappa shape index (κ1) is 78.4. The number of hydrogen-bond donors (Lipinski definition) is 2. The first-order valence-electron chi connectivity index (χ1n) is 30.2. The fraction of sp³-hybridized carbons (Fsp3) is 0.594. The molecular formula is C64H98O22P2Si2. The van der Waals surface area contributed by atoms with E-state index in [2.05, 4.69) is 39.3 Å². The fourth-order valence-corrected chi connectivity index (χ4v) is 13.6. The summed E-state index contributed by atoms with van der Waals surface area (Å²) in [7, 11) is -4.54. The Labute approximate surface area is 533 Å². The number of phenolic OH excluding ortho intramolecular Hbond substituents is 1. The quantitative estimate of drug-likeness (QED) is 0.0209. The number of aromatic hydroxyl groups is 1. The highest BCUT2D eigenvalue weighted by Gasteiger charge is 2.36. The number of carbonyl (C=O) groups is 6. The molecule has 0 saturated carbocycles. The van der Waals surface area contributed by atoms with Crippen molar-refractivity contribution in [3.8, 4) is 23.0 Å². The van der Waals surface area contributed by atoms with E-state index in [1.165, 1.54) is 41.3 Å². The van der Waals surface area contributed by atoms with Crippen LogP contribution in [0.15, 0.2) is 47.6 Å². The molecule has 22 nitrogen and oxygen atoms in total. The highest BCUT2D eigenvalue weighted by molar-refractivity contribution is 7.54. The minimum atomic E-state index is -3.64. The second-order valence-electron chi connectivity index (χ2n) is 24.5. The van der Waals surface area contributed by atoms with Crippen LogP contribution in [0.2, 0.25) is 51.4 Å². The van der Waals surface area contributed by atoms with E-state index in [-0.39, 0.29) is 75.3 Å². The lowest BCUT2D eigenvalue weighted by molar-refractivity contribution is -0.151. The Morgan fingerprint density at radius 1 is 0.600 bits per heavy atom. The topological polar surface area (TPSA) is 288 Å². The third-order valence-electron chi connectivity index (χ3n) is 14.9. The normalized spacial score (nSPS) is 16.1. The van der Waals surface area contributed by atoms with E-state index in [1.54, 1.807) is 59.1 Å². The maximum absolute atomic E-state index is 13.4. The molecule has 0 amide bonds. The highest BCUT2D eigenvalue weighted by atomic mass is 31.2. The molecule has 0 aromatic heterocycles. The molecule has 2 aromatic carbocycles. The predicted molar refractivity (Wildman–Crippen MR) is 348 cm³/mol. The summed E-state index contributed by atoms with van der Waals surface area (Å²) in [6.07, 6.45) is 9.69. The number of esters is 5. The Kier molecular flexibility index (Phi) is 31.7. The molecule has 26 heteroatoms. The molecular weight excluding hydrogens is 1240 g/mol. The third-order valence-corrected chi connectivity index (χ3v) is 22.0. The molecule has 0 radical (unpaired) electrons. The monoisotopic (exact) mass is 1340 g/mol. The summed E-state index contributed by atoms with van der Waals surface area (Å²) in [6, 6.07) is 1.77. The smallest absolute Gasteiger partial charge is 0.342 e. The van der Waals surface area contributed by atoms with Crippen molar-refractivity contribution in [3.05, 3.63) is 92.1 Å². The Morgan fingerprint density at radius 2 is 1.02 bits per heavy atom. The number of aliphatic carboxylic acids is 1. The van der Waals surface area contributed by atoms with E-state index >= 15 is 0 Å².